The summed E-state index contributed by atoms with van der Waals surface area (Å²) in [5.41, 5.74) is 4.17. The summed E-state index contributed by atoms with van der Waals surface area (Å²) < 4.78 is 1.18. The molecule has 3 heteroatoms. The van der Waals surface area contributed by atoms with Gasteiger partial charge in [0.1, 0.15) is 0 Å². The number of fused-ring (bicyclic) bond motifs is 1. The second-order valence-electron chi connectivity index (χ2n) is 4.45. The summed E-state index contributed by atoms with van der Waals surface area (Å²) in [7, 11) is 0. The Morgan fingerprint density at radius 1 is 1.29 bits per heavy atom. The lowest BCUT2D eigenvalue weighted by molar-refractivity contribution is 0.655. The average molecular weight is 308 g/mol. The lowest BCUT2D eigenvalue weighted by atomic mass is 10.1. The second-order valence-corrected chi connectivity index (χ2v) is 6.44. The molecule has 1 aliphatic rings. The molecule has 0 saturated carbocycles. The van der Waals surface area contributed by atoms with Crippen LogP contribution in [0.1, 0.15) is 16.0 Å². The van der Waals surface area contributed by atoms with Gasteiger partial charge in [0.2, 0.25) is 0 Å². The predicted octanol–water partition coefficient (Wildman–Crippen LogP) is 4.13. The fourth-order valence-electron chi connectivity index (χ4n) is 2.19. The summed E-state index contributed by atoms with van der Waals surface area (Å²) in [6.07, 6.45) is 1.17. The molecule has 0 radical (unpaired) electrons. The molecule has 0 amide bonds. The maximum atomic E-state index is 3.55. The highest BCUT2D eigenvalue weighted by molar-refractivity contribution is 9.10. The van der Waals surface area contributed by atoms with E-state index in [0.717, 1.165) is 13.1 Å². The number of hydrogen-bond donors (Lipinski definition) is 1. The Morgan fingerprint density at radius 2 is 2.18 bits per heavy atom. The molecule has 1 aromatic heterocycles. The van der Waals surface area contributed by atoms with E-state index in [-0.39, 0.29) is 0 Å². The zero-order valence-electron chi connectivity index (χ0n) is 9.72. The van der Waals surface area contributed by atoms with E-state index in [0.29, 0.717) is 0 Å². The van der Waals surface area contributed by atoms with Gasteiger partial charge in [-0.2, -0.15) is 0 Å². The predicted molar refractivity (Wildman–Crippen MR) is 77.6 cm³/mol. The van der Waals surface area contributed by atoms with Crippen LogP contribution < -0.4 is 5.32 Å². The van der Waals surface area contributed by atoms with E-state index in [9.17, 15) is 0 Å². The van der Waals surface area contributed by atoms with E-state index in [1.807, 2.05) is 11.3 Å². The van der Waals surface area contributed by atoms with Crippen molar-refractivity contribution in [2.45, 2.75) is 19.9 Å². The minimum Gasteiger partial charge on any atom is -0.312 e. The third-order valence-corrected chi connectivity index (χ3v) is 5.31. The van der Waals surface area contributed by atoms with Crippen molar-refractivity contribution in [1.29, 1.82) is 0 Å². The highest BCUT2D eigenvalue weighted by Crippen LogP contribution is 2.34. The van der Waals surface area contributed by atoms with Gasteiger partial charge in [0.25, 0.3) is 0 Å². The molecule has 1 aliphatic heterocycles. The van der Waals surface area contributed by atoms with Gasteiger partial charge in [-0.25, -0.2) is 0 Å². The molecule has 0 bridgehead atoms. The van der Waals surface area contributed by atoms with Crippen LogP contribution >= 0.6 is 27.3 Å². The minimum absolute atomic E-state index is 1.04. The molecule has 0 atom stereocenters. The number of thiophene rings is 1. The molecule has 0 fully saturated rings. The Kier molecular flexibility index (Phi) is 3.07. The topological polar surface area (TPSA) is 12.0 Å². The molecule has 1 N–H and O–H groups in total. The van der Waals surface area contributed by atoms with Gasteiger partial charge in [0, 0.05) is 20.8 Å². The molecule has 0 saturated heterocycles. The Bertz CT molecular complexity index is 536. The molecule has 1 nitrogen and oxygen atoms in total. The molecular weight excluding hydrogens is 294 g/mol. The fraction of sp³-hybridized carbons (Fsp3) is 0.286. The summed E-state index contributed by atoms with van der Waals surface area (Å²) in [5.74, 6) is 0. The van der Waals surface area contributed by atoms with Crippen molar-refractivity contribution in [2.24, 2.45) is 0 Å². The lowest BCUT2D eigenvalue weighted by Gasteiger charge is -2.10. The van der Waals surface area contributed by atoms with Crippen LogP contribution in [0.3, 0.4) is 0 Å². The molecule has 0 aliphatic carbocycles. The van der Waals surface area contributed by atoms with E-state index in [1.54, 1.807) is 0 Å². The van der Waals surface area contributed by atoms with Gasteiger partial charge in [0.15, 0.2) is 0 Å². The van der Waals surface area contributed by atoms with Crippen molar-refractivity contribution in [2.75, 3.05) is 6.54 Å². The minimum atomic E-state index is 1.04. The van der Waals surface area contributed by atoms with Crippen molar-refractivity contribution in [1.82, 2.24) is 5.32 Å². The number of hydrogen-bond acceptors (Lipinski definition) is 2. The number of benzene rings is 1. The molecule has 2 aromatic rings. The molecule has 3 rings (SSSR count). The number of halogens is 1. The number of aryl methyl sites for hydroxylation is 1. The van der Waals surface area contributed by atoms with Crippen molar-refractivity contribution in [3.05, 3.63) is 44.7 Å². The van der Waals surface area contributed by atoms with Gasteiger partial charge in [-0.15, -0.1) is 11.3 Å². The molecule has 17 heavy (non-hydrogen) atoms. The summed E-state index contributed by atoms with van der Waals surface area (Å²) in [5, 5.41) is 3.43. The van der Waals surface area contributed by atoms with Gasteiger partial charge >= 0.3 is 0 Å². The summed E-state index contributed by atoms with van der Waals surface area (Å²) in [6, 6.07) is 8.96. The average Bonchev–Trinajstić information content (AvgIpc) is 2.76. The largest absolute Gasteiger partial charge is 0.312 e. The Hall–Kier alpha value is -0.640. The lowest BCUT2D eigenvalue weighted by Crippen LogP contribution is -2.21. The van der Waals surface area contributed by atoms with Crippen LogP contribution in [0, 0.1) is 6.92 Å². The Morgan fingerprint density at radius 3 is 2.94 bits per heavy atom. The maximum Gasteiger partial charge on any atom is 0.0349 e. The van der Waals surface area contributed by atoms with Crippen LogP contribution in [0.5, 0.6) is 0 Å². The third-order valence-electron chi connectivity index (χ3n) is 3.20. The second kappa shape index (κ2) is 4.56. The standard InChI is InChI=1S/C14H14BrNS/c1-9-6-10(2-3-12(9)15)13-7-11-4-5-16-8-14(11)17-13/h2-3,6-7,16H,4-5,8H2,1H3. The Balaban J connectivity index is 2.03. The van der Waals surface area contributed by atoms with Gasteiger partial charge in [0.05, 0.1) is 0 Å². The first-order valence-corrected chi connectivity index (χ1v) is 7.44. The summed E-state index contributed by atoms with van der Waals surface area (Å²) in [4.78, 5) is 2.90. The molecule has 1 aromatic carbocycles. The SMILES string of the molecule is Cc1cc(-c2cc3c(s2)CNCC3)ccc1Br. The zero-order chi connectivity index (χ0) is 11.8. The van der Waals surface area contributed by atoms with E-state index in [2.05, 4.69) is 52.4 Å². The van der Waals surface area contributed by atoms with E-state index >= 15 is 0 Å². The van der Waals surface area contributed by atoms with Gasteiger partial charge in [-0.05, 0) is 54.8 Å². The van der Waals surface area contributed by atoms with Crippen LogP contribution in [0.25, 0.3) is 10.4 Å². The van der Waals surface area contributed by atoms with Crippen LogP contribution in [-0.2, 0) is 13.0 Å². The van der Waals surface area contributed by atoms with Crippen LogP contribution in [-0.4, -0.2) is 6.54 Å². The monoisotopic (exact) mass is 307 g/mol. The zero-order valence-corrected chi connectivity index (χ0v) is 12.1. The highest BCUT2D eigenvalue weighted by Gasteiger charge is 2.13. The van der Waals surface area contributed by atoms with Crippen molar-refractivity contribution < 1.29 is 0 Å². The van der Waals surface area contributed by atoms with Crippen molar-refractivity contribution >= 4 is 27.3 Å². The molecular formula is C14H14BrNS. The van der Waals surface area contributed by atoms with Crippen molar-refractivity contribution in [3.63, 3.8) is 0 Å². The van der Waals surface area contributed by atoms with Gasteiger partial charge in [-0.1, -0.05) is 22.0 Å². The number of nitrogens with one attached hydrogen (secondary N) is 1. The first-order chi connectivity index (χ1) is 8.24. The van der Waals surface area contributed by atoms with Crippen LogP contribution in [0.2, 0.25) is 0 Å². The van der Waals surface area contributed by atoms with Gasteiger partial charge in [-0.3, -0.25) is 0 Å². The van der Waals surface area contributed by atoms with Gasteiger partial charge < -0.3 is 5.32 Å². The van der Waals surface area contributed by atoms with E-state index in [4.69, 9.17) is 0 Å². The summed E-state index contributed by atoms with van der Waals surface area (Å²) in [6.45, 7) is 4.29. The van der Waals surface area contributed by atoms with E-state index < -0.39 is 0 Å². The maximum absolute atomic E-state index is 3.55. The van der Waals surface area contributed by atoms with E-state index in [1.165, 1.54) is 37.3 Å². The smallest absolute Gasteiger partial charge is 0.0349 e. The molecule has 0 unspecified atom stereocenters. The van der Waals surface area contributed by atoms with Crippen LogP contribution in [0.4, 0.5) is 0 Å². The number of rotatable bonds is 1. The first-order valence-electron chi connectivity index (χ1n) is 5.83. The third kappa shape index (κ3) is 2.19. The van der Waals surface area contributed by atoms with Crippen LogP contribution in [0.15, 0.2) is 28.7 Å². The highest BCUT2D eigenvalue weighted by atomic mass is 79.9. The molecule has 2 heterocycles. The Labute approximate surface area is 114 Å². The molecule has 0 spiro atoms. The summed E-state index contributed by atoms with van der Waals surface area (Å²) >= 11 is 5.48. The molecule has 88 valence electrons. The first kappa shape index (κ1) is 11.5. The quantitative estimate of drug-likeness (QED) is 0.835. The fourth-order valence-corrected chi connectivity index (χ4v) is 3.62. The van der Waals surface area contributed by atoms with Crippen molar-refractivity contribution in [3.8, 4) is 10.4 Å². The normalized spacial score (nSPS) is 14.7.